The highest BCUT2D eigenvalue weighted by Crippen LogP contribution is 2.21. The van der Waals surface area contributed by atoms with Crippen molar-refractivity contribution in [3.8, 4) is 0 Å². The molecular weight excluding hydrogens is 316 g/mol. The molecule has 6 nitrogen and oxygen atoms in total. The predicted molar refractivity (Wildman–Crippen MR) is 101 cm³/mol. The van der Waals surface area contributed by atoms with Crippen LogP contribution in [0.1, 0.15) is 19.8 Å². The van der Waals surface area contributed by atoms with Gasteiger partial charge in [0.15, 0.2) is 0 Å². The smallest absolute Gasteiger partial charge is 0.224 e. The van der Waals surface area contributed by atoms with Crippen LogP contribution >= 0.6 is 0 Å². The molecule has 136 valence electrons. The number of nitrogens with two attached hydrogens (primary N) is 1. The summed E-state index contributed by atoms with van der Waals surface area (Å²) in [5.41, 5.74) is 7.74. The van der Waals surface area contributed by atoms with Crippen molar-refractivity contribution in [2.24, 2.45) is 5.73 Å². The number of nitrogens with zero attached hydrogens (tertiary/aromatic N) is 2. The van der Waals surface area contributed by atoms with E-state index in [0.29, 0.717) is 12.8 Å². The van der Waals surface area contributed by atoms with E-state index < -0.39 is 0 Å². The summed E-state index contributed by atoms with van der Waals surface area (Å²) in [6.07, 6.45) is 3.27. The van der Waals surface area contributed by atoms with Gasteiger partial charge in [0.1, 0.15) is 0 Å². The van der Waals surface area contributed by atoms with E-state index >= 15 is 0 Å². The molecule has 0 aliphatic carbocycles. The Morgan fingerprint density at radius 3 is 2.84 bits per heavy atom. The van der Waals surface area contributed by atoms with Crippen LogP contribution in [0.2, 0.25) is 0 Å². The molecule has 0 radical (unpaired) electrons. The summed E-state index contributed by atoms with van der Waals surface area (Å²) in [4.78, 5) is 14.4. The molecule has 0 spiro atoms. The molecule has 1 aliphatic rings. The van der Waals surface area contributed by atoms with Crippen LogP contribution in [0.15, 0.2) is 30.5 Å². The van der Waals surface area contributed by atoms with Gasteiger partial charge in [0.05, 0.1) is 13.2 Å². The summed E-state index contributed by atoms with van der Waals surface area (Å²) in [5.74, 6) is 0.0170. The zero-order valence-electron chi connectivity index (χ0n) is 14.9. The fraction of sp³-hybridized carbons (Fsp3) is 0.526. The van der Waals surface area contributed by atoms with Crippen molar-refractivity contribution in [2.45, 2.75) is 32.4 Å². The Morgan fingerprint density at radius 2 is 2.08 bits per heavy atom. The van der Waals surface area contributed by atoms with Crippen molar-refractivity contribution in [2.75, 3.05) is 38.2 Å². The largest absolute Gasteiger partial charge is 0.379 e. The highest BCUT2D eigenvalue weighted by Gasteiger charge is 2.11. The number of fused-ring (bicyclic) bond motifs is 1. The van der Waals surface area contributed by atoms with Crippen LogP contribution in [0, 0.1) is 0 Å². The molecule has 3 rings (SSSR count). The molecule has 1 unspecified atom stereocenters. The van der Waals surface area contributed by atoms with Crippen LogP contribution < -0.4 is 11.1 Å². The molecule has 1 amide bonds. The summed E-state index contributed by atoms with van der Waals surface area (Å²) in [6.45, 7) is 7.59. The van der Waals surface area contributed by atoms with Gasteiger partial charge in [-0.1, -0.05) is 0 Å². The number of nitrogens with one attached hydrogen (secondary N) is 1. The van der Waals surface area contributed by atoms with Gasteiger partial charge in [-0.05, 0) is 37.6 Å². The number of ether oxygens (including phenoxy) is 1. The highest BCUT2D eigenvalue weighted by atomic mass is 16.5. The van der Waals surface area contributed by atoms with Gasteiger partial charge in [0.2, 0.25) is 5.91 Å². The van der Waals surface area contributed by atoms with E-state index in [0.717, 1.165) is 50.5 Å². The predicted octanol–water partition coefficient (Wildman–Crippen LogP) is 2.04. The van der Waals surface area contributed by atoms with Gasteiger partial charge in [-0.2, -0.15) is 0 Å². The maximum atomic E-state index is 11.9. The first-order valence-electron chi connectivity index (χ1n) is 9.06. The number of anilines is 1. The van der Waals surface area contributed by atoms with E-state index in [-0.39, 0.29) is 11.9 Å². The van der Waals surface area contributed by atoms with Gasteiger partial charge >= 0.3 is 0 Å². The van der Waals surface area contributed by atoms with Crippen LogP contribution in [-0.2, 0) is 16.1 Å². The van der Waals surface area contributed by atoms with Gasteiger partial charge in [-0.15, -0.1) is 0 Å². The molecule has 1 aliphatic heterocycles. The van der Waals surface area contributed by atoms with Crippen LogP contribution in [0.4, 0.5) is 5.69 Å². The lowest BCUT2D eigenvalue weighted by Gasteiger charge is -2.26. The van der Waals surface area contributed by atoms with Crippen molar-refractivity contribution < 1.29 is 9.53 Å². The second-order valence-electron chi connectivity index (χ2n) is 6.80. The molecule has 6 heteroatoms. The van der Waals surface area contributed by atoms with Crippen molar-refractivity contribution in [3.05, 3.63) is 30.5 Å². The number of hydrogen-bond donors (Lipinski definition) is 2. The maximum Gasteiger partial charge on any atom is 0.224 e. The van der Waals surface area contributed by atoms with Gasteiger partial charge < -0.3 is 20.4 Å². The van der Waals surface area contributed by atoms with Gasteiger partial charge in [0.25, 0.3) is 0 Å². The van der Waals surface area contributed by atoms with E-state index in [4.69, 9.17) is 10.5 Å². The van der Waals surface area contributed by atoms with E-state index in [9.17, 15) is 4.79 Å². The Hall–Kier alpha value is -1.89. The third-order valence-electron chi connectivity index (χ3n) is 4.64. The monoisotopic (exact) mass is 344 g/mol. The summed E-state index contributed by atoms with van der Waals surface area (Å²) in [6, 6.07) is 8.23. The molecule has 25 heavy (non-hydrogen) atoms. The minimum Gasteiger partial charge on any atom is -0.379 e. The van der Waals surface area contributed by atoms with Gasteiger partial charge in [-0.3, -0.25) is 9.69 Å². The molecule has 1 aromatic carbocycles. The Bertz CT molecular complexity index is 705. The van der Waals surface area contributed by atoms with Crippen molar-refractivity contribution in [1.82, 2.24) is 9.47 Å². The topological polar surface area (TPSA) is 72.5 Å². The first-order chi connectivity index (χ1) is 12.1. The minimum absolute atomic E-state index is 0.0170. The quantitative estimate of drug-likeness (QED) is 0.806. The molecule has 2 aromatic rings. The zero-order valence-corrected chi connectivity index (χ0v) is 14.9. The Labute approximate surface area is 148 Å². The fourth-order valence-corrected chi connectivity index (χ4v) is 3.13. The third-order valence-corrected chi connectivity index (χ3v) is 4.64. The summed E-state index contributed by atoms with van der Waals surface area (Å²) >= 11 is 0. The number of benzene rings is 1. The fourth-order valence-electron chi connectivity index (χ4n) is 3.13. The molecule has 0 saturated carbocycles. The number of aromatic nitrogens is 1. The summed E-state index contributed by atoms with van der Waals surface area (Å²) in [7, 11) is 0. The number of hydrogen-bond acceptors (Lipinski definition) is 4. The van der Waals surface area contributed by atoms with Gasteiger partial charge in [0, 0.05) is 61.4 Å². The van der Waals surface area contributed by atoms with Crippen LogP contribution in [0.25, 0.3) is 10.9 Å². The first kappa shape index (κ1) is 17.9. The molecule has 1 fully saturated rings. The van der Waals surface area contributed by atoms with Crippen molar-refractivity contribution in [1.29, 1.82) is 0 Å². The van der Waals surface area contributed by atoms with E-state index in [1.54, 1.807) is 0 Å². The molecular formula is C19H28N4O2. The molecule has 1 saturated heterocycles. The molecule has 3 N–H and O–H groups in total. The van der Waals surface area contributed by atoms with Crippen molar-refractivity contribution >= 4 is 22.5 Å². The molecule has 1 aromatic heterocycles. The molecule has 0 bridgehead atoms. The SMILES string of the molecule is CC(N)CCC(=O)Nc1ccc2c(ccn2CCN2CCOCC2)c1. The number of rotatable bonds is 7. The van der Waals surface area contributed by atoms with Crippen LogP contribution in [0.3, 0.4) is 0 Å². The Balaban J connectivity index is 1.59. The summed E-state index contributed by atoms with van der Waals surface area (Å²) < 4.78 is 7.66. The zero-order chi connectivity index (χ0) is 17.6. The van der Waals surface area contributed by atoms with Crippen LogP contribution in [0.5, 0.6) is 0 Å². The number of carbonyl (C=O) groups excluding carboxylic acids is 1. The lowest BCUT2D eigenvalue weighted by Crippen LogP contribution is -2.38. The minimum atomic E-state index is 0.0170. The number of morpholine rings is 1. The van der Waals surface area contributed by atoms with E-state index in [2.05, 4.69) is 33.1 Å². The Morgan fingerprint density at radius 1 is 1.28 bits per heavy atom. The second-order valence-corrected chi connectivity index (χ2v) is 6.80. The van der Waals surface area contributed by atoms with Crippen LogP contribution in [-0.4, -0.2) is 54.3 Å². The van der Waals surface area contributed by atoms with Gasteiger partial charge in [-0.25, -0.2) is 0 Å². The molecule has 2 heterocycles. The lowest BCUT2D eigenvalue weighted by atomic mass is 10.2. The lowest BCUT2D eigenvalue weighted by molar-refractivity contribution is -0.116. The standard InChI is InChI=1S/C19H28N4O2/c1-15(20)2-5-19(24)21-17-3-4-18-16(14-17)6-7-23(18)9-8-22-10-12-25-13-11-22/h3-4,6-7,14-15H,2,5,8-13,20H2,1H3,(H,21,24). The third kappa shape index (κ3) is 5.04. The van der Waals surface area contributed by atoms with E-state index in [1.807, 2.05) is 19.1 Å². The second kappa shape index (κ2) is 8.47. The number of amides is 1. The first-order valence-corrected chi connectivity index (χ1v) is 9.06. The average Bonchev–Trinajstić information content (AvgIpc) is 3.01. The summed E-state index contributed by atoms with van der Waals surface area (Å²) in [5, 5.41) is 4.10. The molecule has 1 atom stereocenters. The average molecular weight is 344 g/mol. The normalized spacial score (nSPS) is 16.9. The number of carbonyl (C=O) groups is 1. The Kier molecular flexibility index (Phi) is 6.07. The van der Waals surface area contributed by atoms with E-state index in [1.165, 1.54) is 5.52 Å². The maximum absolute atomic E-state index is 11.9. The highest BCUT2D eigenvalue weighted by molar-refractivity contribution is 5.93. The van der Waals surface area contributed by atoms with Crippen molar-refractivity contribution in [3.63, 3.8) is 0 Å².